The lowest BCUT2D eigenvalue weighted by Crippen LogP contribution is -2.25. The smallest absolute Gasteiger partial charge is 0.337 e. The highest BCUT2D eigenvalue weighted by Gasteiger charge is 2.21. The molecule has 3 aromatic rings. The number of ether oxygens (including phenoxy) is 1. The van der Waals surface area contributed by atoms with Crippen LogP contribution < -0.4 is 4.90 Å². The van der Waals surface area contributed by atoms with E-state index in [4.69, 9.17) is 14.7 Å². The fraction of sp³-hybridized carbons (Fsp3) is 0.458. The van der Waals surface area contributed by atoms with E-state index >= 15 is 0 Å². The maximum Gasteiger partial charge on any atom is 0.337 e. The van der Waals surface area contributed by atoms with Crippen molar-refractivity contribution in [2.45, 2.75) is 54.4 Å². The van der Waals surface area contributed by atoms with E-state index in [1.807, 2.05) is 32.9 Å². The molecule has 0 atom stereocenters. The van der Waals surface area contributed by atoms with E-state index in [2.05, 4.69) is 36.4 Å². The Bertz CT molecular complexity index is 1060. The standard InChI is InChI=1S/C24H32N4O2/c1-8-10-11-27(9-2)22-20-17(5)14-28(23(20)26-18(6)25-22)21-15(3)12-19(13-16(21)4)24(29)30-7/h12-14H,8-11H2,1-7H3. The summed E-state index contributed by atoms with van der Waals surface area (Å²) in [6.45, 7) is 14.4. The van der Waals surface area contributed by atoms with Gasteiger partial charge in [-0.25, -0.2) is 14.8 Å². The molecule has 160 valence electrons. The fourth-order valence-electron chi connectivity index (χ4n) is 4.12. The van der Waals surface area contributed by atoms with Crippen molar-refractivity contribution < 1.29 is 9.53 Å². The zero-order chi connectivity index (χ0) is 22.0. The van der Waals surface area contributed by atoms with Crippen LogP contribution in [0.5, 0.6) is 0 Å². The van der Waals surface area contributed by atoms with Gasteiger partial charge in [0.05, 0.1) is 23.7 Å². The molecular formula is C24H32N4O2. The molecule has 30 heavy (non-hydrogen) atoms. The first-order valence-electron chi connectivity index (χ1n) is 10.6. The summed E-state index contributed by atoms with van der Waals surface area (Å²) >= 11 is 0. The van der Waals surface area contributed by atoms with Crippen LogP contribution in [0.2, 0.25) is 0 Å². The molecule has 0 saturated heterocycles. The van der Waals surface area contributed by atoms with Gasteiger partial charge >= 0.3 is 5.97 Å². The van der Waals surface area contributed by atoms with E-state index in [0.29, 0.717) is 5.56 Å². The number of fused-ring (bicyclic) bond motifs is 1. The Hall–Kier alpha value is -2.89. The quantitative estimate of drug-likeness (QED) is 0.511. The van der Waals surface area contributed by atoms with Crippen molar-refractivity contribution >= 4 is 22.8 Å². The van der Waals surface area contributed by atoms with Gasteiger partial charge in [0.2, 0.25) is 0 Å². The predicted octanol–water partition coefficient (Wildman–Crippen LogP) is 5.07. The molecule has 6 heteroatoms. The largest absolute Gasteiger partial charge is 0.465 e. The van der Waals surface area contributed by atoms with E-state index < -0.39 is 0 Å². The molecule has 0 radical (unpaired) electrons. The van der Waals surface area contributed by atoms with E-state index in [0.717, 1.165) is 71.0 Å². The van der Waals surface area contributed by atoms with Gasteiger partial charge in [-0.3, -0.25) is 0 Å². The monoisotopic (exact) mass is 408 g/mol. The summed E-state index contributed by atoms with van der Waals surface area (Å²) in [6, 6.07) is 3.76. The normalized spacial score (nSPS) is 11.2. The van der Waals surface area contributed by atoms with E-state index in [9.17, 15) is 4.79 Å². The van der Waals surface area contributed by atoms with Gasteiger partial charge in [0.25, 0.3) is 0 Å². The zero-order valence-corrected chi connectivity index (χ0v) is 19.2. The Balaban J connectivity index is 2.24. The number of rotatable bonds is 7. The molecule has 3 rings (SSSR count). The molecular weight excluding hydrogens is 376 g/mol. The van der Waals surface area contributed by atoms with Crippen molar-refractivity contribution in [3.05, 3.63) is 46.4 Å². The lowest BCUT2D eigenvalue weighted by molar-refractivity contribution is 0.0600. The van der Waals surface area contributed by atoms with Gasteiger partial charge in [-0.1, -0.05) is 13.3 Å². The number of carbonyl (C=O) groups is 1. The van der Waals surface area contributed by atoms with Crippen LogP contribution in [0.3, 0.4) is 0 Å². The minimum absolute atomic E-state index is 0.323. The van der Waals surface area contributed by atoms with Crippen molar-refractivity contribution in [3.8, 4) is 5.69 Å². The summed E-state index contributed by atoms with van der Waals surface area (Å²) in [5.74, 6) is 1.44. The van der Waals surface area contributed by atoms with Crippen LogP contribution in [-0.2, 0) is 4.74 Å². The van der Waals surface area contributed by atoms with Crippen molar-refractivity contribution in [3.63, 3.8) is 0 Å². The molecule has 6 nitrogen and oxygen atoms in total. The average molecular weight is 409 g/mol. The van der Waals surface area contributed by atoms with Crippen LogP contribution in [0.15, 0.2) is 18.3 Å². The summed E-state index contributed by atoms with van der Waals surface area (Å²) in [5.41, 5.74) is 5.66. The summed E-state index contributed by atoms with van der Waals surface area (Å²) in [6.07, 6.45) is 4.41. The van der Waals surface area contributed by atoms with Crippen LogP contribution in [0, 0.1) is 27.7 Å². The molecule has 0 spiro atoms. The number of esters is 1. The predicted molar refractivity (Wildman–Crippen MR) is 122 cm³/mol. The third kappa shape index (κ3) is 3.91. The number of aryl methyl sites for hydroxylation is 4. The van der Waals surface area contributed by atoms with E-state index in [-0.39, 0.29) is 5.97 Å². The molecule has 0 bridgehead atoms. The van der Waals surface area contributed by atoms with Gasteiger partial charge < -0.3 is 14.2 Å². The molecule has 2 aromatic heterocycles. The highest BCUT2D eigenvalue weighted by atomic mass is 16.5. The van der Waals surface area contributed by atoms with Crippen LogP contribution >= 0.6 is 0 Å². The summed E-state index contributed by atoms with van der Waals surface area (Å²) in [5, 5.41) is 1.09. The van der Waals surface area contributed by atoms with Crippen molar-refractivity contribution in [2.75, 3.05) is 25.1 Å². The number of unbranched alkanes of at least 4 members (excludes halogenated alkanes) is 1. The molecule has 0 fully saturated rings. The van der Waals surface area contributed by atoms with Crippen molar-refractivity contribution in [1.29, 1.82) is 0 Å². The van der Waals surface area contributed by atoms with Crippen LogP contribution in [0.25, 0.3) is 16.7 Å². The van der Waals surface area contributed by atoms with E-state index in [1.165, 1.54) is 7.11 Å². The lowest BCUT2D eigenvalue weighted by Gasteiger charge is -2.23. The lowest BCUT2D eigenvalue weighted by atomic mass is 10.0. The average Bonchev–Trinajstić information content (AvgIpc) is 3.03. The first kappa shape index (κ1) is 21.8. The molecule has 0 aliphatic carbocycles. The molecule has 0 N–H and O–H groups in total. The Labute approximate surface area is 178 Å². The summed E-state index contributed by atoms with van der Waals surface area (Å²) in [4.78, 5) is 24.0. The van der Waals surface area contributed by atoms with E-state index in [1.54, 1.807) is 0 Å². The number of methoxy groups -OCH3 is 1. The van der Waals surface area contributed by atoms with Crippen LogP contribution in [0.1, 0.15) is 59.6 Å². The number of hydrogen-bond donors (Lipinski definition) is 0. The first-order valence-corrected chi connectivity index (χ1v) is 10.6. The number of aromatic nitrogens is 3. The minimum atomic E-state index is -0.323. The number of nitrogens with zero attached hydrogens (tertiary/aromatic N) is 4. The third-order valence-electron chi connectivity index (χ3n) is 5.54. The summed E-state index contributed by atoms with van der Waals surface area (Å²) < 4.78 is 7.04. The second-order valence-corrected chi connectivity index (χ2v) is 7.86. The molecule has 0 amide bonds. The number of anilines is 1. The van der Waals surface area contributed by atoms with Gasteiger partial charge in [-0.2, -0.15) is 0 Å². The molecule has 2 heterocycles. The number of carbonyl (C=O) groups excluding carboxylic acids is 1. The van der Waals surface area contributed by atoms with Crippen LogP contribution in [0.4, 0.5) is 5.82 Å². The first-order chi connectivity index (χ1) is 14.3. The number of hydrogen-bond acceptors (Lipinski definition) is 5. The van der Waals surface area contributed by atoms with Gasteiger partial charge in [0.15, 0.2) is 5.65 Å². The summed E-state index contributed by atoms with van der Waals surface area (Å²) in [7, 11) is 1.41. The molecule has 0 aliphatic rings. The molecule has 0 aliphatic heterocycles. The van der Waals surface area contributed by atoms with Gasteiger partial charge in [0, 0.05) is 19.3 Å². The topological polar surface area (TPSA) is 60.2 Å². The van der Waals surface area contributed by atoms with Crippen molar-refractivity contribution in [2.24, 2.45) is 0 Å². The highest BCUT2D eigenvalue weighted by Crippen LogP contribution is 2.33. The van der Waals surface area contributed by atoms with Gasteiger partial charge in [-0.05, 0) is 69.9 Å². The Morgan fingerprint density at radius 2 is 1.73 bits per heavy atom. The maximum absolute atomic E-state index is 12.0. The number of benzene rings is 1. The maximum atomic E-state index is 12.0. The second-order valence-electron chi connectivity index (χ2n) is 7.86. The van der Waals surface area contributed by atoms with Gasteiger partial charge in [-0.15, -0.1) is 0 Å². The molecule has 0 saturated carbocycles. The Kier molecular flexibility index (Phi) is 6.44. The Morgan fingerprint density at radius 1 is 1.07 bits per heavy atom. The second kappa shape index (κ2) is 8.86. The fourth-order valence-corrected chi connectivity index (χ4v) is 4.12. The highest BCUT2D eigenvalue weighted by molar-refractivity contribution is 5.94. The Morgan fingerprint density at radius 3 is 2.30 bits per heavy atom. The van der Waals surface area contributed by atoms with Crippen LogP contribution in [-0.4, -0.2) is 40.7 Å². The van der Waals surface area contributed by atoms with Gasteiger partial charge in [0.1, 0.15) is 11.6 Å². The molecule has 1 aromatic carbocycles. The third-order valence-corrected chi connectivity index (χ3v) is 5.54. The SMILES string of the molecule is CCCCN(CC)c1nc(C)nc2c1c(C)cn2-c1c(C)cc(C(=O)OC)cc1C. The minimum Gasteiger partial charge on any atom is -0.465 e. The zero-order valence-electron chi connectivity index (χ0n) is 19.2. The van der Waals surface area contributed by atoms with Crippen molar-refractivity contribution in [1.82, 2.24) is 14.5 Å². The molecule has 0 unspecified atom stereocenters.